The van der Waals surface area contributed by atoms with Gasteiger partial charge in [-0.05, 0) is 19.3 Å². The summed E-state index contributed by atoms with van der Waals surface area (Å²) in [6, 6.07) is 0. The third-order valence-corrected chi connectivity index (χ3v) is 4.65. The smallest absolute Gasteiger partial charge is 0.341 e. The Morgan fingerprint density at radius 3 is 2.24 bits per heavy atom. The van der Waals surface area contributed by atoms with Gasteiger partial charge in [-0.3, -0.25) is 4.55 Å². The maximum absolute atomic E-state index is 11.1. The van der Waals surface area contributed by atoms with E-state index in [-0.39, 0.29) is 19.3 Å². The van der Waals surface area contributed by atoms with E-state index in [2.05, 4.69) is 0 Å². The Kier molecular flexibility index (Phi) is 2.29. The van der Waals surface area contributed by atoms with E-state index in [0.29, 0.717) is 0 Å². The van der Waals surface area contributed by atoms with Gasteiger partial charge in [0.05, 0.1) is 0 Å². The number of carbonyl (C=O) groups is 2. The lowest BCUT2D eigenvalue weighted by molar-refractivity contribution is -0.147. The first kappa shape index (κ1) is 12.3. The van der Waals surface area contributed by atoms with Crippen LogP contribution in [0.5, 0.6) is 0 Å². The third kappa shape index (κ3) is 1.33. The number of hydrogen-bond donors (Lipinski definition) is 3. The number of carboxylic acid groups (broad SMARTS) is 2. The molecule has 1 aliphatic carbocycles. The second kappa shape index (κ2) is 3.18. The molecule has 17 heavy (non-hydrogen) atoms. The molecule has 1 heterocycles. The van der Waals surface area contributed by atoms with Crippen molar-refractivity contribution in [1.82, 2.24) is 0 Å². The molecule has 3 unspecified atom stereocenters. The fourth-order valence-corrected chi connectivity index (χ4v) is 3.80. The van der Waals surface area contributed by atoms with E-state index in [1.54, 1.807) is 0 Å². The van der Waals surface area contributed by atoms with Crippen molar-refractivity contribution in [1.29, 1.82) is 0 Å². The summed E-state index contributed by atoms with van der Waals surface area (Å²) in [6.07, 6.45) is -0.0629. The molecule has 0 aromatic carbocycles. The first-order valence-corrected chi connectivity index (χ1v) is 6.32. The Hall–Kier alpha value is -1.19. The van der Waals surface area contributed by atoms with Crippen molar-refractivity contribution in [3.8, 4) is 0 Å². The SMILES string of the molecule is O=C(O)C12CCCC(S(=O)(=O)O)C1(C(=O)O)O2. The minimum atomic E-state index is -4.68. The molecular formula is C8H10O8S. The van der Waals surface area contributed by atoms with Crippen LogP contribution in [0.4, 0.5) is 0 Å². The molecule has 96 valence electrons. The van der Waals surface area contributed by atoms with E-state index in [9.17, 15) is 18.0 Å². The van der Waals surface area contributed by atoms with Crippen molar-refractivity contribution in [3.05, 3.63) is 0 Å². The van der Waals surface area contributed by atoms with E-state index in [1.165, 1.54) is 0 Å². The Morgan fingerprint density at radius 2 is 1.82 bits per heavy atom. The molecule has 1 aliphatic heterocycles. The minimum Gasteiger partial charge on any atom is -0.479 e. The van der Waals surface area contributed by atoms with Crippen molar-refractivity contribution in [2.45, 2.75) is 35.7 Å². The van der Waals surface area contributed by atoms with E-state index in [4.69, 9.17) is 19.5 Å². The molecule has 3 atom stereocenters. The standard InChI is InChI=1S/C8H10O8S/c9-5(10)7-3-1-2-4(17(13,14)15)8(7,16-7)6(11)12/h4H,1-3H2,(H,9,10)(H,11,12)(H,13,14,15). The highest BCUT2D eigenvalue weighted by Crippen LogP contribution is 2.59. The summed E-state index contributed by atoms with van der Waals surface area (Å²) in [5.74, 6) is -3.20. The van der Waals surface area contributed by atoms with Crippen LogP contribution in [-0.4, -0.2) is 51.6 Å². The normalized spacial score (nSPS) is 40.4. The molecule has 8 nitrogen and oxygen atoms in total. The number of rotatable bonds is 3. The maximum Gasteiger partial charge on any atom is 0.341 e. The van der Waals surface area contributed by atoms with Crippen molar-refractivity contribution in [2.24, 2.45) is 0 Å². The average molecular weight is 266 g/mol. The van der Waals surface area contributed by atoms with Gasteiger partial charge in [0.1, 0.15) is 5.25 Å². The topological polar surface area (TPSA) is 142 Å². The molecule has 2 fully saturated rings. The van der Waals surface area contributed by atoms with Crippen LogP contribution in [0.2, 0.25) is 0 Å². The molecule has 1 saturated heterocycles. The summed E-state index contributed by atoms with van der Waals surface area (Å²) in [4.78, 5) is 22.2. The van der Waals surface area contributed by atoms with Gasteiger partial charge in [0.15, 0.2) is 0 Å². The van der Waals surface area contributed by atoms with Gasteiger partial charge in [-0.15, -0.1) is 0 Å². The monoisotopic (exact) mass is 266 g/mol. The molecule has 0 radical (unpaired) electrons. The average Bonchev–Trinajstić information content (AvgIpc) is 2.86. The van der Waals surface area contributed by atoms with Gasteiger partial charge >= 0.3 is 11.9 Å². The van der Waals surface area contributed by atoms with Crippen LogP contribution in [0.1, 0.15) is 19.3 Å². The summed E-state index contributed by atoms with van der Waals surface area (Å²) in [5, 5.41) is 16.3. The summed E-state index contributed by atoms with van der Waals surface area (Å²) in [6.45, 7) is 0. The lowest BCUT2D eigenvalue weighted by atomic mass is 9.79. The minimum absolute atomic E-state index is 0.0827. The van der Waals surface area contributed by atoms with Crippen LogP contribution in [0.25, 0.3) is 0 Å². The van der Waals surface area contributed by atoms with Crippen molar-refractivity contribution >= 4 is 22.1 Å². The van der Waals surface area contributed by atoms with Crippen LogP contribution >= 0.6 is 0 Å². The Labute approximate surface area is 95.9 Å². The van der Waals surface area contributed by atoms with Crippen LogP contribution < -0.4 is 0 Å². The van der Waals surface area contributed by atoms with Crippen molar-refractivity contribution < 1.29 is 37.5 Å². The number of aliphatic carboxylic acids is 2. The molecule has 3 N–H and O–H groups in total. The lowest BCUT2D eigenvalue weighted by Crippen LogP contribution is -2.53. The summed E-state index contributed by atoms with van der Waals surface area (Å²) < 4.78 is 36.0. The first-order valence-electron chi connectivity index (χ1n) is 4.82. The van der Waals surface area contributed by atoms with Gasteiger partial charge < -0.3 is 14.9 Å². The number of fused-ring (bicyclic) bond motifs is 1. The van der Waals surface area contributed by atoms with E-state index in [1.807, 2.05) is 0 Å². The largest absolute Gasteiger partial charge is 0.479 e. The number of carboxylic acids is 2. The fraction of sp³-hybridized carbons (Fsp3) is 0.750. The van der Waals surface area contributed by atoms with Gasteiger partial charge in [-0.25, -0.2) is 9.59 Å². The second-order valence-corrected chi connectivity index (χ2v) is 5.77. The van der Waals surface area contributed by atoms with E-state index < -0.39 is 38.5 Å². The highest BCUT2D eigenvalue weighted by molar-refractivity contribution is 7.86. The van der Waals surface area contributed by atoms with Crippen LogP contribution in [0.3, 0.4) is 0 Å². The molecule has 0 amide bonds. The molecule has 2 aliphatic rings. The van der Waals surface area contributed by atoms with Gasteiger partial charge in [-0.2, -0.15) is 8.42 Å². The summed E-state index contributed by atoms with van der Waals surface area (Å²) in [5.41, 5.74) is -4.39. The summed E-state index contributed by atoms with van der Waals surface area (Å²) in [7, 11) is -4.68. The van der Waals surface area contributed by atoms with E-state index in [0.717, 1.165) is 0 Å². The van der Waals surface area contributed by atoms with Crippen molar-refractivity contribution in [2.75, 3.05) is 0 Å². The zero-order valence-corrected chi connectivity index (χ0v) is 9.31. The zero-order valence-electron chi connectivity index (χ0n) is 8.49. The second-order valence-electron chi connectivity index (χ2n) is 4.17. The van der Waals surface area contributed by atoms with Gasteiger partial charge in [0, 0.05) is 0 Å². The highest BCUT2D eigenvalue weighted by Gasteiger charge is 2.85. The van der Waals surface area contributed by atoms with Crippen LogP contribution in [-0.2, 0) is 24.4 Å². The predicted molar refractivity (Wildman–Crippen MR) is 51.0 cm³/mol. The molecule has 2 rings (SSSR count). The molecule has 1 saturated carbocycles. The third-order valence-electron chi connectivity index (χ3n) is 3.36. The van der Waals surface area contributed by atoms with Crippen LogP contribution in [0, 0.1) is 0 Å². The maximum atomic E-state index is 11.1. The van der Waals surface area contributed by atoms with Gasteiger partial charge in [-0.1, -0.05) is 0 Å². The lowest BCUT2D eigenvalue weighted by Gasteiger charge is -2.25. The quantitative estimate of drug-likeness (QED) is 0.441. The number of ether oxygens (including phenoxy) is 1. The first-order chi connectivity index (χ1) is 7.68. The van der Waals surface area contributed by atoms with E-state index >= 15 is 0 Å². The summed E-state index contributed by atoms with van der Waals surface area (Å²) >= 11 is 0. The highest BCUT2D eigenvalue weighted by atomic mass is 32.2. The Balaban J connectivity index is 2.53. The predicted octanol–water partition coefficient (Wildman–Crippen LogP) is -0.896. The fourth-order valence-electron chi connectivity index (χ4n) is 2.57. The molecule has 0 aromatic heterocycles. The zero-order chi connectivity index (χ0) is 13.1. The Bertz CT molecular complexity index is 496. The molecular weight excluding hydrogens is 256 g/mol. The molecule has 0 spiro atoms. The Morgan fingerprint density at radius 1 is 1.24 bits per heavy atom. The van der Waals surface area contributed by atoms with Gasteiger partial charge in [0.2, 0.25) is 11.2 Å². The number of epoxide rings is 1. The van der Waals surface area contributed by atoms with Gasteiger partial charge in [0.25, 0.3) is 10.1 Å². The number of hydrogen-bond acceptors (Lipinski definition) is 5. The molecule has 9 heteroatoms. The van der Waals surface area contributed by atoms with Crippen LogP contribution in [0.15, 0.2) is 0 Å². The van der Waals surface area contributed by atoms with Crippen molar-refractivity contribution in [3.63, 3.8) is 0 Å². The molecule has 0 bridgehead atoms. The molecule has 0 aromatic rings.